The van der Waals surface area contributed by atoms with Gasteiger partial charge >= 0.3 is 11.7 Å². The minimum absolute atomic E-state index is 0.155. The topological polar surface area (TPSA) is 159 Å². The molecule has 0 saturated carbocycles. The zero-order valence-corrected chi connectivity index (χ0v) is 21.0. The van der Waals surface area contributed by atoms with Crippen molar-refractivity contribution >= 4 is 52.8 Å². The number of hydrogen-bond acceptors (Lipinski definition) is 10. The molecule has 0 spiro atoms. The van der Waals surface area contributed by atoms with Crippen molar-refractivity contribution in [2.45, 2.75) is 18.9 Å². The van der Waals surface area contributed by atoms with E-state index in [1.165, 1.54) is 18.3 Å². The molecule has 4 rings (SSSR count). The molecule has 2 aromatic heterocycles. The lowest BCUT2D eigenvalue weighted by molar-refractivity contribution is -0.384. The molecule has 1 aromatic carbocycles. The molecule has 0 fully saturated rings. The van der Waals surface area contributed by atoms with Crippen LogP contribution in [0.25, 0.3) is 11.3 Å². The SMILES string of the molecule is CCOC(=O)c1cnc(NCCC2(c3ccc([N+](=O)[O-])c(N)n3)C=CC=N2)nc1-c1ccc(Cl)cc1Cl. The largest absolute Gasteiger partial charge is 0.462 e. The highest BCUT2D eigenvalue weighted by molar-refractivity contribution is 6.36. The number of nitro groups is 1. The van der Waals surface area contributed by atoms with Gasteiger partial charge in [-0.2, -0.15) is 0 Å². The first-order valence-corrected chi connectivity index (χ1v) is 11.9. The highest BCUT2D eigenvalue weighted by Crippen LogP contribution is 2.35. The van der Waals surface area contributed by atoms with Crippen molar-refractivity contribution in [2.24, 2.45) is 4.99 Å². The third-order valence-electron chi connectivity index (χ3n) is 5.57. The summed E-state index contributed by atoms with van der Waals surface area (Å²) in [6, 6.07) is 7.71. The molecule has 0 amide bonds. The van der Waals surface area contributed by atoms with Gasteiger partial charge in [-0.05, 0) is 49.8 Å². The summed E-state index contributed by atoms with van der Waals surface area (Å²) < 4.78 is 5.15. The quantitative estimate of drug-likeness (QED) is 0.219. The number of carbonyl (C=O) groups is 1. The van der Waals surface area contributed by atoms with Gasteiger partial charge in [-0.3, -0.25) is 15.1 Å². The molecule has 1 aliphatic heterocycles. The maximum Gasteiger partial charge on any atom is 0.341 e. The van der Waals surface area contributed by atoms with Gasteiger partial charge in [0, 0.05) is 35.6 Å². The predicted octanol–water partition coefficient (Wildman–Crippen LogP) is 4.85. The lowest BCUT2D eigenvalue weighted by atomic mass is 9.91. The number of hydrogen-bond donors (Lipinski definition) is 2. The minimum Gasteiger partial charge on any atom is -0.462 e. The number of pyridine rings is 1. The molecule has 1 aliphatic rings. The van der Waals surface area contributed by atoms with Crippen molar-refractivity contribution in [3.05, 3.63) is 80.1 Å². The number of benzene rings is 1. The highest BCUT2D eigenvalue weighted by atomic mass is 35.5. The van der Waals surface area contributed by atoms with Crippen LogP contribution >= 0.6 is 23.2 Å². The van der Waals surface area contributed by atoms with Gasteiger partial charge in [-0.15, -0.1) is 0 Å². The van der Waals surface area contributed by atoms with Gasteiger partial charge in [0.15, 0.2) is 0 Å². The number of aromatic nitrogens is 3. The lowest BCUT2D eigenvalue weighted by Crippen LogP contribution is -2.25. The molecule has 1 unspecified atom stereocenters. The van der Waals surface area contributed by atoms with Crippen molar-refractivity contribution in [3.8, 4) is 11.3 Å². The molecule has 0 saturated heterocycles. The maximum atomic E-state index is 12.5. The summed E-state index contributed by atoms with van der Waals surface area (Å²) in [6.45, 7) is 2.23. The molecule has 3 N–H and O–H groups in total. The summed E-state index contributed by atoms with van der Waals surface area (Å²) in [4.78, 5) is 40.6. The molecule has 190 valence electrons. The molecule has 11 nitrogen and oxygen atoms in total. The maximum absolute atomic E-state index is 12.5. The fourth-order valence-electron chi connectivity index (χ4n) is 3.79. The van der Waals surface area contributed by atoms with Crippen LogP contribution in [0.1, 0.15) is 29.4 Å². The zero-order valence-electron chi connectivity index (χ0n) is 19.5. The Balaban J connectivity index is 1.59. The standard InChI is InChI=1S/C24H21Cl2N7O4/c1-2-37-22(34)16-13-29-23(32-20(16)15-5-4-14(25)12-17(15)26)28-11-9-24(8-3-10-30-24)19-7-6-18(33(35)36)21(27)31-19/h3-8,10,12-13H,2,9,11H2,1H3,(H2,27,31)(H,28,29,32). The Bertz CT molecular complexity index is 1420. The third kappa shape index (κ3) is 5.52. The fraction of sp³-hybridized carbons (Fsp3) is 0.208. The van der Waals surface area contributed by atoms with Crippen LogP contribution < -0.4 is 11.1 Å². The Hall–Kier alpha value is -4.09. The Morgan fingerprint density at radius 3 is 2.70 bits per heavy atom. The molecule has 13 heteroatoms. The van der Waals surface area contributed by atoms with Crippen LogP contribution in [-0.2, 0) is 10.3 Å². The Kier molecular flexibility index (Phi) is 7.65. The number of carbonyl (C=O) groups excluding carboxylic acids is 1. The number of nitrogens with one attached hydrogen (secondary N) is 1. The highest BCUT2D eigenvalue weighted by Gasteiger charge is 2.33. The summed E-state index contributed by atoms with van der Waals surface area (Å²) in [5.74, 6) is -0.527. The summed E-state index contributed by atoms with van der Waals surface area (Å²) in [6.07, 6.45) is 7.01. The van der Waals surface area contributed by atoms with E-state index in [2.05, 4.69) is 25.3 Å². The van der Waals surface area contributed by atoms with E-state index < -0.39 is 16.4 Å². The van der Waals surface area contributed by atoms with Crippen LogP contribution in [0.2, 0.25) is 10.0 Å². The average Bonchev–Trinajstić information content (AvgIpc) is 3.34. The number of rotatable bonds is 9. The second-order valence-electron chi connectivity index (χ2n) is 7.90. The van der Waals surface area contributed by atoms with Gasteiger partial charge in [-0.1, -0.05) is 23.2 Å². The number of nitrogen functional groups attached to an aromatic ring is 1. The Morgan fingerprint density at radius 1 is 1.24 bits per heavy atom. The van der Waals surface area contributed by atoms with Crippen molar-refractivity contribution in [3.63, 3.8) is 0 Å². The number of nitrogens with two attached hydrogens (primary N) is 1. The van der Waals surface area contributed by atoms with E-state index in [1.807, 2.05) is 6.08 Å². The molecule has 0 bridgehead atoms. The number of halogens is 2. The summed E-state index contributed by atoms with van der Waals surface area (Å²) in [5.41, 5.74) is 6.06. The third-order valence-corrected chi connectivity index (χ3v) is 6.11. The van der Waals surface area contributed by atoms with Gasteiger partial charge in [0.1, 0.15) is 11.1 Å². The van der Waals surface area contributed by atoms with Gasteiger partial charge in [-0.25, -0.2) is 19.7 Å². The van der Waals surface area contributed by atoms with Crippen LogP contribution in [0, 0.1) is 10.1 Å². The molecule has 0 radical (unpaired) electrons. The summed E-state index contributed by atoms with van der Waals surface area (Å²) in [7, 11) is 0. The van der Waals surface area contributed by atoms with Gasteiger partial charge in [0.2, 0.25) is 11.8 Å². The van der Waals surface area contributed by atoms with Gasteiger partial charge in [0.05, 0.1) is 27.9 Å². The van der Waals surface area contributed by atoms with Gasteiger partial charge in [0.25, 0.3) is 0 Å². The minimum atomic E-state index is -0.872. The van der Waals surface area contributed by atoms with Crippen molar-refractivity contribution in [1.29, 1.82) is 0 Å². The smallest absolute Gasteiger partial charge is 0.341 e. The summed E-state index contributed by atoms with van der Waals surface area (Å²) >= 11 is 12.4. The van der Waals surface area contributed by atoms with Crippen molar-refractivity contribution in [1.82, 2.24) is 15.0 Å². The van der Waals surface area contributed by atoms with Crippen LogP contribution in [0.5, 0.6) is 0 Å². The average molecular weight is 542 g/mol. The lowest BCUT2D eigenvalue weighted by Gasteiger charge is -2.24. The second kappa shape index (κ2) is 10.9. The molecule has 3 heterocycles. The molecular weight excluding hydrogens is 521 g/mol. The van der Waals surface area contributed by atoms with Crippen molar-refractivity contribution < 1.29 is 14.5 Å². The van der Waals surface area contributed by atoms with E-state index in [9.17, 15) is 14.9 Å². The van der Waals surface area contributed by atoms with E-state index >= 15 is 0 Å². The first-order valence-electron chi connectivity index (χ1n) is 11.1. The first-order chi connectivity index (χ1) is 17.7. The van der Waals surface area contributed by atoms with Crippen LogP contribution in [-0.4, -0.2) is 45.2 Å². The van der Waals surface area contributed by atoms with E-state index in [1.54, 1.807) is 37.4 Å². The monoisotopic (exact) mass is 541 g/mol. The molecule has 37 heavy (non-hydrogen) atoms. The normalized spacial score (nSPS) is 16.1. The number of esters is 1. The number of ether oxygens (including phenoxy) is 1. The Labute approximate surface area is 221 Å². The molecular formula is C24H21Cl2N7O4. The number of nitrogens with zero attached hydrogens (tertiary/aromatic N) is 5. The van der Waals surface area contributed by atoms with Crippen LogP contribution in [0.3, 0.4) is 0 Å². The fourth-order valence-corrected chi connectivity index (χ4v) is 4.29. The van der Waals surface area contributed by atoms with Crippen molar-refractivity contribution in [2.75, 3.05) is 24.2 Å². The molecule has 1 atom stereocenters. The molecule has 3 aromatic rings. The van der Waals surface area contributed by atoms with E-state index in [0.29, 0.717) is 34.3 Å². The van der Waals surface area contributed by atoms with Crippen LogP contribution in [0.4, 0.5) is 17.5 Å². The summed E-state index contributed by atoms with van der Waals surface area (Å²) in [5, 5.41) is 15.0. The number of anilines is 2. The van der Waals surface area contributed by atoms with E-state index in [-0.39, 0.29) is 35.3 Å². The predicted molar refractivity (Wildman–Crippen MR) is 141 cm³/mol. The van der Waals surface area contributed by atoms with E-state index in [0.717, 1.165) is 0 Å². The number of allylic oxidation sites excluding steroid dienone is 1. The van der Waals surface area contributed by atoms with Gasteiger partial charge < -0.3 is 15.8 Å². The molecule has 0 aliphatic carbocycles. The zero-order chi connectivity index (χ0) is 26.6. The second-order valence-corrected chi connectivity index (χ2v) is 8.74. The first kappa shape index (κ1) is 26.0. The Morgan fingerprint density at radius 2 is 2.05 bits per heavy atom. The van der Waals surface area contributed by atoms with E-state index in [4.69, 9.17) is 33.7 Å². The number of aliphatic imine (C=N–C) groups is 1. The van der Waals surface area contributed by atoms with Crippen LogP contribution in [0.15, 0.2) is 53.7 Å².